The van der Waals surface area contributed by atoms with Gasteiger partial charge in [0.15, 0.2) is 12.3 Å². The van der Waals surface area contributed by atoms with Crippen LogP contribution in [0.3, 0.4) is 0 Å². The Kier molecular flexibility index (Phi) is 6.57. The van der Waals surface area contributed by atoms with Crippen LogP contribution in [0.15, 0.2) is 54.6 Å². The van der Waals surface area contributed by atoms with Crippen LogP contribution < -0.4 is 10.1 Å². The van der Waals surface area contributed by atoms with Crippen molar-refractivity contribution in [2.45, 2.75) is 19.1 Å². The number of benzene rings is 2. The van der Waals surface area contributed by atoms with Crippen LogP contribution in [-0.2, 0) is 13.6 Å². The van der Waals surface area contributed by atoms with E-state index in [-0.39, 0.29) is 23.6 Å². The molecule has 1 aromatic heterocycles. The van der Waals surface area contributed by atoms with Crippen molar-refractivity contribution in [3.8, 4) is 17.0 Å². The van der Waals surface area contributed by atoms with Gasteiger partial charge in [0.1, 0.15) is 5.75 Å². The number of carbonyl (C=O) groups excluding carboxylic acids is 1. The Bertz CT molecular complexity index is 1050. The Morgan fingerprint density at radius 2 is 1.74 bits per heavy atom. The topological polar surface area (TPSA) is 56.2 Å². The number of alkyl halides is 5. The van der Waals surface area contributed by atoms with Gasteiger partial charge in [-0.15, -0.1) is 0 Å². The SMILES string of the molecule is Cn1nc(C(=O)NCc2ccccc2OCC(F)(F)F)c(C(F)F)c1-c1ccccc1. The molecular formula is C21H18F5N3O2. The molecule has 0 aliphatic heterocycles. The molecule has 1 N–H and O–H groups in total. The maximum absolute atomic E-state index is 13.8. The molecular weight excluding hydrogens is 421 g/mol. The van der Waals surface area contributed by atoms with E-state index in [0.717, 1.165) is 0 Å². The maximum Gasteiger partial charge on any atom is 0.422 e. The lowest BCUT2D eigenvalue weighted by Crippen LogP contribution is -2.25. The first-order chi connectivity index (χ1) is 14.7. The number of nitrogens with one attached hydrogen (secondary N) is 1. The molecule has 0 fully saturated rings. The number of carbonyl (C=O) groups is 1. The number of hydrogen-bond acceptors (Lipinski definition) is 3. The zero-order valence-electron chi connectivity index (χ0n) is 16.3. The van der Waals surface area contributed by atoms with Crippen LogP contribution in [0.1, 0.15) is 28.0 Å². The van der Waals surface area contributed by atoms with Crippen molar-refractivity contribution in [3.05, 3.63) is 71.4 Å². The molecule has 3 aromatic rings. The molecule has 10 heteroatoms. The predicted molar refractivity (Wildman–Crippen MR) is 103 cm³/mol. The summed E-state index contributed by atoms with van der Waals surface area (Å²) in [5.74, 6) is -0.945. The summed E-state index contributed by atoms with van der Waals surface area (Å²) in [6.07, 6.45) is -7.49. The first-order valence-electron chi connectivity index (χ1n) is 9.13. The minimum Gasteiger partial charge on any atom is -0.484 e. The number of ether oxygens (including phenoxy) is 1. The Morgan fingerprint density at radius 1 is 1.10 bits per heavy atom. The molecule has 0 spiro atoms. The van der Waals surface area contributed by atoms with Gasteiger partial charge in [0.05, 0.1) is 11.3 Å². The first-order valence-corrected chi connectivity index (χ1v) is 9.13. The molecule has 0 aliphatic carbocycles. The minimum absolute atomic E-state index is 0.0693. The maximum atomic E-state index is 13.8. The van der Waals surface area contributed by atoms with Crippen LogP contribution in [0.25, 0.3) is 11.3 Å². The van der Waals surface area contributed by atoms with Crippen LogP contribution in [0.5, 0.6) is 5.75 Å². The number of nitrogens with zero attached hydrogens (tertiary/aromatic N) is 2. The van der Waals surface area contributed by atoms with E-state index >= 15 is 0 Å². The van der Waals surface area contributed by atoms with Crippen molar-refractivity contribution in [1.29, 1.82) is 0 Å². The van der Waals surface area contributed by atoms with Gasteiger partial charge in [0, 0.05) is 24.7 Å². The number of para-hydroxylation sites is 1. The van der Waals surface area contributed by atoms with Crippen LogP contribution in [0.4, 0.5) is 22.0 Å². The molecule has 1 amide bonds. The highest BCUT2D eigenvalue weighted by atomic mass is 19.4. The first kappa shape index (κ1) is 22.3. The highest BCUT2D eigenvalue weighted by Gasteiger charge is 2.30. The zero-order chi connectivity index (χ0) is 22.6. The number of halogens is 5. The monoisotopic (exact) mass is 439 g/mol. The molecule has 0 unspecified atom stereocenters. The Labute approximate surface area is 174 Å². The van der Waals surface area contributed by atoms with E-state index in [1.807, 2.05) is 0 Å². The molecule has 0 saturated heterocycles. The summed E-state index contributed by atoms with van der Waals surface area (Å²) in [7, 11) is 1.45. The second-order valence-electron chi connectivity index (χ2n) is 6.60. The lowest BCUT2D eigenvalue weighted by molar-refractivity contribution is -0.153. The zero-order valence-corrected chi connectivity index (χ0v) is 16.3. The van der Waals surface area contributed by atoms with Gasteiger partial charge in [-0.25, -0.2) is 8.78 Å². The average Bonchev–Trinajstić information content (AvgIpc) is 3.08. The van der Waals surface area contributed by atoms with Gasteiger partial charge in [-0.1, -0.05) is 48.5 Å². The summed E-state index contributed by atoms with van der Waals surface area (Å²) in [4.78, 5) is 12.6. The molecule has 1 heterocycles. The lowest BCUT2D eigenvalue weighted by atomic mass is 10.1. The Balaban J connectivity index is 1.83. The molecule has 0 saturated carbocycles. The van der Waals surface area contributed by atoms with Crippen molar-refractivity contribution in [1.82, 2.24) is 15.1 Å². The Hall–Kier alpha value is -3.43. The number of hydrogen-bond donors (Lipinski definition) is 1. The molecule has 0 aliphatic rings. The smallest absolute Gasteiger partial charge is 0.422 e. The van der Waals surface area contributed by atoms with Crippen LogP contribution in [0.2, 0.25) is 0 Å². The van der Waals surface area contributed by atoms with Crippen LogP contribution in [-0.4, -0.2) is 28.5 Å². The molecule has 5 nitrogen and oxygen atoms in total. The Morgan fingerprint density at radius 3 is 2.39 bits per heavy atom. The van der Waals surface area contributed by atoms with Gasteiger partial charge < -0.3 is 10.1 Å². The third-order valence-corrected chi connectivity index (χ3v) is 4.37. The molecule has 0 atom stereocenters. The van der Waals surface area contributed by atoms with Gasteiger partial charge in [-0.3, -0.25) is 9.48 Å². The van der Waals surface area contributed by atoms with Crippen molar-refractivity contribution in [2.75, 3.05) is 6.61 Å². The predicted octanol–water partition coefficient (Wildman–Crippen LogP) is 4.90. The summed E-state index contributed by atoms with van der Waals surface area (Å²) in [5.41, 5.74) is -0.136. The molecule has 0 radical (unpaired) electrons. The van der Waals surface area contributed by atoms with Crippen LogP contribution in [0, 0.1) is 0 Å². The fourth-order valence-corrected chi connectivity index (χ4v) is 3.06. The van der Waals surface area contributed by atoms with E-state index in [2.05, 4.69) is 10.4 Å². The molecule has 0 bridgehead atoms. The average molecular weight is 439 g/mol. The minimum atomic E-state index is -4.52. The normalized spacial score (nSPS) is 11.6. The summed E-state index contributed by atoms with van der Waals surface area (Å²) < 4.78 is 70.9. The van der Waals surface area contributed by atoms with Crippen molar-refractivity contribution in [3.63, 3.8) is 0 Å². The van der Waals surface area contributed by atoms with E-state index < -0.39 is 36.4 Å². The number of aryl methyl sites for hydroxylation is 1. The van der Waals surface area contributed by atoms with Gasteiger partial charge >= 0.3 is 6.18 Å². The molecule has 164 valence electrons. The molecule has 2 aromatic carbocycles. The summed E-state index contributed by atoms with van der Waals surface area (Å²) in [6.45, 7) is -1.72. The lowest BCUT2D eigenvalue weighted by Gasteiger charge is -2.13. The van der Waals surface area contributed by atoms with E-state index in [4.69, 9.17) is 4.74 Å². The highest BCUT2D eigenvalue weighted by molar-refractivity contribution is 5.95. The third-order valence-electron chi connectivity index (χ3n) is 4.37. The van der Waals surface area contributed by atoms with E-state index in [9.17, 15) is 26.7 Å². The molecule has 31 heavy (non-hydrogen) atoms. The molecule has 3 rings (SSSR count). The summed E-state index contributed by atoms with van der Waals surface area (Å²) in [5, 5.41) is 6.39. The van der Waals surface area contributed by atoms with Crippen LogP contribution >= 0.6 is 0 Å². The van der Waals surface area contributed by atoms with Gasteiger partial charge in [0.2, 0.25) is 0 Å². The van der Waals surface area contributed by atoms with E-state index in [1.165, 1.54) is 29.9 Å². The number of aromatic nitrogens is 2. The number of rotatable bonds is 7. The quantitative estimate of drug-likeness (QED) is 0.533. The van der Waals surface area contributed by atoms with Crippen molar-refractivity contribution < 1.29 is 31.5 Å². The van der Waals surface area contributed by atoms with Gasteiger partial charge in [-0.2, -0.15) is 18.3 Å². The fraction of sp³-hybridized carbons (Fsp3) is 0.238. The summed E-state index contributed by atoms with van der Waals surface area (Å²) >= 11 is 0. The second-order valence-corrected chi connectivity index (χ2v) is 6.60. The van der Waals surface area contributed by atoms with Gasteiger partial charge in [0.25, 0.3) is 12.3 Å². The number of amides is 1. The van der Waals surface area contributed by atoms with E-state index in [0.29, 0.717) is 5.56 Å². The van der Waals surface area contributed by atoms with Crippen molar-refractivity contribution >= 4 is 5.91 Å². The van der Waals surface area contributed by atoms with Gasteiger partial charge in [-0.05, 0) is 6.07 Å². The fourth-order valence-electron chi connectivity index (χ4n) is 3.06. The third kappa shape index (κ3) is 5.39. The summed E-state index contributed by atoms with van der Waals surface area (Å²) in [6, 6.07) is 14.2. The van der Waals surface area contributed by atoms with E-state index in [1.54, 1.807) is 36.4 Å². The highest BCUT2D eigenvalue weighted by Crippen LogP contribution is 2.33. The second kappa shape index (κ2) is 9.15. The largest absolute Gasteiger partial charge is 0.484 e. The standard InChI is InChI=1S/C21H18F5N3O2/c1-29-18(13-7-3-2-4-8-13)16(19(22)23)17(28-29)20(30)27-11-14-9-5-6-10-15(14)31-12-21(24,25)26/h2-10,19H,11-12H2,1H3,(H,27,30). The van der Waals surface area contributed by atoms with Crippen molar-refractivity contribution in [2.24, 2.45) is 7.05 Å².